The van der Waals surface area contributed by atoms with Crippen molar-refractivity contribution in [3.8, 4) is 6.07 Å². The molecule has 1 aromatic heterocycles. The summed E-state index contributed by atoms with van der Waals surface area (Å²) in [5.41, 5.74) is 1.68. The molecule has 0 aliphatic heterocycles. The normalized spacial score (nSPS) is 10.0. The first kappa shape index (κ1) is 13.5. The van der Waals surface area contributed by atoms with E-state index in [2.05, 4.69) is 6.07 Å². The number of nitriles is 1. The molecule has 0 aliphatic rings. The van der Waals surface area contributed by atoms with Crippen molar-refractivity contribution >= 4 is 22.3 Å². The molecule has 1 aromatic rings. The maximum Gasteiger partial charge on any atom is 0.305 e. The van der Waals surface area contributed by atoms with E-state index in [4.69, 9.17) is 10.4 Å². The van der Waals surface area contributed by atoms with E-state index in [1.807, 2.05) is 25.7 Å². The second kappa shape index (κ2) is 5.69. The van der Waals surface area contributed by atoms with Crippen molar-refractivity contribution in [2.75, 3.05) is 18.0 Å². The van der Waals surface area contributed by atoms with Crippen LogP contribution < -0.4 is 4.90 Å². The third-order valence-corrected chi connectivity index (χ3v) is 4.01. The molecule has 0 saturated carbocycles. The number of carboxylic acid groups (broad SMARTS) is 1. The van der Waals surface area contributed by atoms with E-state index in [9.17, 15) is 4.79 Å². The summed E-state index contributed by atoms with van der Waals surface area (Å²) >= 11 is 1.56. The summed E-state index contributed by atoms with van der Waals surface area (Å²) in [7, 11) is 0. The van der Waals surface area contributed by atoms with Gasteiger partial charge in [0.05, 0.1) is 12.0 Å². The Hall–Kier alpha value is -1.54. The number of carboxylic acids is 1. The van der Waals surface area contributed by atoms with Crippen molar-refractivity contribution in [3.63, 3.8) is 0 Å². The van der Waals surface area contributed by atoms with Gasteiger partial charge >= 0.3 is 5.97 Å². The summed E-state index contributed by atoms with van der Waals surface area (Å²) in [4.78, 5) is 13.7. The molecule has 92 valence electrons. The molecule has 0 fully saturated rings. The second-order valence-corrected chi connectivity index (χ2v) is 5.00. The molecule has 5 heteroatoms. The monoisotopic (exact) mass is 252 g/mol. The molecular weight excluding hydrogens is 236 g/mol. The quantitative estimate of drug-likeness (QED) is 0.874. The van der Waals surface area contributed by atoms with Gasteiger partial charge in [0.2, 0.25) is 0 Å². The van der Waals surface area contributed by atoms with Crippen molar-refractivity contribution < 1.29 is 9.90 Å². The minimum absolute atomic E-state index is 0.0920. The van der Waals surface area contributed by atoms with Gasteiger partial charge in [-0.1, -0.05) is 0 Å². The summed E-state index contributed by atoms with van der Waals surface area (Å²) in [6.45, 7) is 7.03. The van der Waals surface area contributed by atoms with Crippen LogP contribution in [0.3, 0.4) is 0 Å². The molecular formula is C12H16N2O2S. The zero-order valence-electron chi connectivity index (χ0n) is 10.3. The molecule has 0 spiro atoms. The summed E-state index contributed by atoms with van der Waals surface area (Å²) in [5, 5.41) is 18.7. The highest BCUT2D eigenvalue weighted by molar-refractivity contribution is 7.16. The Kier molecular flexibility index (Phi) is 4.53. The Balaban J connectivity index is 3.00. The number of thiophene rings is 1. The Morgan fingerprint density at radius 2 is 2.18 bits per heavy atom. The Bertz CT molecular complexity index is 460. The number of nitrogens with zero attached hydrogens (tertiary/aromatic N) is 2. The van der Waals surface area contributed by atoms with Crippen LogP contribution in [0.25, 0.3) is 0 Å². The van der Waals surface area contributed by atoms with Crippen LogP contribution in [-0.2, 0) is 4.79 Å². The van der Waals surface area contributed by atoms with Gasteiger partial charge in [0.1, 0.15) is 11.1 Å². The van der Waals surface area contributed by atoms with Crippen molar-refractivity contribution in [2.45, 2.75) is 27.2 Å². The molecule has 0 amide bonds. The van der Waals surface area contributed by atoms with E-state index in [-0.39, 0.29) is 6.42 Å². The number of carbonyl (C=O) groups is 1. The lowest BCUT2D eigenvalue weighted by atomic mass is 10.2. The molecule has 1 rings (SSSR count). The van der Waals surface area contributed by atoms with E-state index in [1.165, 1.54) is 0 Å². The highest BCUT2D eigenvalue weighted by Gasteiger charge is 2.17. The van der Waals surface area contributed by atoms with Crippen molar-refractivity contribution in [3.05, 3.63) is 16.0 Å². The number of aryl methyl sites for hydroxylation is 1. The van der Waals surface area contributed by atoms with E-state index in [0.29, 0.717) is 18.7 Å². The van der Waals surface area contributed by atoms with Gasteiger partial charge in [-0.25, -0.2) is 0 Å². The molecule has 1 N–H and O–H groups in total. The van der Waals surface area contributed by atoms with Gasteiger partial charge in [-0.05, 0) is 26.3 Å². The fourth-order valence-electron chi connectivity index (χ4n) is 1.60. The fourth-order valence-corrected chi connectivity index (χ4v) is 2.79. The second-order valence-electron chi connectivity index (χ2n) is 3.80. The van der Waals surface area contributed by atoms with E-state index >= 15 is 0 Å². The van der Waals surface area contributed by atoms with Crippen molar-refractivity contribution in [2.24, 2.45) is 0 Å². The van der Waals surface area contributed by atoms with Crippen LogP contribution >= 0.6 is 11.3 Å². The molecule has 0 unspecified atom stereocenters. The first-order chi connectivity index (χ1) is 8.01. The number of aliphatic carboxylic acids is 1. The third kappa shape index (κ3) is 2.98. The SMILES string of the molecule is CCN(CCC(=O)O)c1sc(C)c(C)c1C#N. The Morgan fingerprint density at radius 3 is 2.65 bits per heavy atom. The average molecular weight is 252 g/mol. The van der Waals surface area contributed by atoms with Crippen LogP contribution in [0.2, 0.25) is 0 Å². The molecule has 0 aromatic carbocycles. The molecule has 1 heterocycles. The molecule has 0 atom stereocenters. The zero-order chi connectivity index (χ0) is 13.0. The predicted octanol–water partition coefficient (Wildman–Crippen LogP) is 2.54. The highest BCUT2D eigenvalue weighted by Crippen LogP contribution is 2.34. The van der Waals surface area contributed by atoms with Crippen molar-refractivity contribution in [1.29, 1.82) is 5.26 Å². The third-order valence-electron chi connectivity index (χ3n) is 2.74. The van der Waals surface area contributed by atoms with Gasteiger partial charge in [-0.3, -0.25) is 4.79 Å². The minimum Gasteiger partial charge on any atom is -0.481 e. The van der Waals surface area contributed by atoms with Gasteiger partial charge in [0, 0.05) is 18.0 Å². The number of hydrogen-bond donors (Lipinski definition) is 1. The summed E-state index contributed by atoms with van der Waals surface area (Å²) in [5.74, 6) is -0.813. The average Bonchev–Trinajstić information content (AvgIpc) is 2.56. The molecule has 4 nitrogen and oxygen atoms in total. The Morgan fingerprint density at radius 1 is 1.53 bits per heavy atom. The molecule has 0 radical (unpaired) electrons. The topological polar surface area (TPSA) is 64.3 Å². The van der Waals surface area contributed by atoms with Crippen LogP contribution in [-0.4, -0.2) is 24.2 Å². The molecule has 0 saturated heterocycles. The number of rotatable bonds is 5. The molecule has 0 bridgehead atoms. The maximum absolute atomic E-state index is 10.6. The highest BCUT2D eigenvalue weighted by atomic mass is 32.1. The number of hydrogen-bond acceptors (Lipinski definition) is 4. The minimum atomic E-state index is -0.813. The van der Waals surface area contributed by atoms with E-state index in [0.717, 1.165) is 15.4 Å². The summed E-state index contributed by atoms with van der Waals surface area (Å²) < 4.78 is 0. The van der Waals surface area contributed by atoms with E-state index < -0.39 is 5.97 Å². The molecule has 17 heavy (non-hydrogen) atoms. The zero-order valence-corrected chi connectivity index (χ0v) is 11.1. The lowest BCUT2D eigenvalue weighted by molar-refractivity contribution is -0.136. The van der Waals surface area contributed by atoms with Crippen LogP contribution in [0.5, 0.6) is 0 Å². The van der Waals surface area contributed by atoms with Gasteiger partial charge in [0.25, 0.3) is 0 Å². The van der Waals surface area contributed by atoms with E-state index in [1.54, 1.807) is 11.3 Å². The van der Waals surface area contributed by atoms with Gasteiger partial charge in [-0.15, -0.1) is 11.3 Å². The number of anilines is 1. The Labute approximate surface area is 105 Å². The summed E-state index contributed by atoms with van der Waals surface area (Å²) in [6, 6.07) is 2.21. The lowest BCUT2D eigenvalue weighted by Gasteiger charge is -2.20. The largest absolute Gasteiger partial charge is 0.481 e. The molecule has 0 aliphatic carbocycles. The fraction of sp³-hybridized carbons (Fsp3) is 0.500. The smallest absolute Gasteiger partial charge is 0.305 e. The van der Waals surface area contributed by atoms with Crippen molar-refractivity contribution in [1.82, 2.24) is 0 Å². The van der Waals surface area contributed by atoms with Crippen LogP contribution in [0.15, 0.2) is 0 Å². The van der Waals surface area contributed by atoms with Crippen LogP contribution in [0, 0.1) is 25.2 Å². The standard InChI is InChI=1S/C12H16N2O2S/c1-4-14(6-5-11(15)16)12-10(7-13)8(2)9(3)17-12/h4-6H2,1-3H3,(H,15,16). The van der Waals surface area contributed by atoms with Gasteiger partial charge in [-0.2, -0.15) is 5.26 Å². The van der Waals surface area contributed by atoms with Crippen LogP contribution in [0.1, 0.15) is 29.3 Å². The predicted molar refractivity (Wildman–Crippen MR) is 68.6 cm³/mol. The van der Waals surface area contributed by atoms with Crippen LogP contribution in [0.4, 0.5) is 5.00 Å². The van der Waals surface area contributed by atoms with Gasteiger partial charge in [0.15, 0.2) is 0 Å². The lowest BCUT2D eigenvalue weighted by Crippen LogP contribution is -2.25. The van der Waals surface area contributed by atoms with Gasteiger partial charge < -0.3 is 10.0 Å². The first-order valence-electron chi connectivity index (χ1n) is 5.48. The summed E-state index contributed by atoms with van der Waals surface area (Å²) in [6.07, 6.45) is 0.0920. The first-order valence-corrected chi connectivity index (χ1v) is 6.29. The maximum atomic E-state index is 10.6.